The Morgan fingerprint density at radius 2 is 1.76 bits per heavy atom. The van der Waals surface area contributed by atoms with Crippen LogP contribution < -0.4 is 5.32 Å². The van der Waals surface area contributed by atoms with Crippen molar-refractivity contribution >= 4 is 0 Å². The summed E-state index contributed by atoms with van der Waals surface area (Å²) in [6.07, 6.45) is 7.62. The highest BCUT2D eigenvalue weighted by atomic mass is 16.5. The average molecular weight is 299 g/mol. The molecule has 0 unspecified atom stereocenters. The molecule has 0 bridgehead atoms. The van der Waals surface area contributed by atoms with Crippen LogP contribution in [0.3, 0.4) is 0 Å². The Labute approximate surface area is 132 Å². The molecule has 0 saturated heterocycles. The third-order valence-corrected chi connectivity index (χ3v) is 5.24. The minimum Gasteiger partial charge on any atom is -0.385 e. The summed E-state index contributed by atoms with van der Waals surface area (Å²) in [5.74, 6) is 0.880. The molecule has 3 heteroatoms. The molecule has 0 amide bonds. The lowest BCUT2D eigenvalue weighted by atomic mass is 9.63. The molecule has 126 valence electrons. The number of hydrogen-bond donors (Lipinski definition) is 1. The number of ether oxygens (including phenoxy) is 2. The van der Waals surface area contributed by atoms with Crippen LogP contribution in [-0.2, 0) is 9.47 Å². The zero-order chi connectivity index (χ0) is 15.8. The molecule has 0 atom stereocenters. The Hall–Kier alpha value is -0.120. The van der Waals surface area contributed by atoms with Gasteiger partial charge in [0.15, 0.2) is 0 Å². The molecule has 21 heavy (non-hydrogen) atoms. The topological polar surface area (TPSA) is 30.5 Å². The van der Waals surface area contributed by atoms with Crippen molar-refractivity contribution in [1.82, 2.24) is 5.32 Å². The summed E-state index contributed by atoms with van der Waals surface area (Å²) >= 11 is 0. The predicted molar refractivity (Wildman–Crippen MR) is 89.7 cm³/mol. The van der Waals surface area contributed by atoms with Crippen LogP contribution in [0, 0.1) is 16.7 Å². The molecule has 1 saturated carbocycles. The second-order valence-electron chi connectivity index (χ2n) is 7.88. The maximum atomic E-state index is 5.80. The fourth-order valence-corrected chi connectivity index (χ4v) is 3.68. The van der Waals surface area contributed by atoms with Gasteiger partial charge in [-0.2, -0.15) is 0 Å². The third-order valence-electron chi connectivity index (χ3n) is 5.24. The second kappa shape index (κ2) is 9.12. The van der Waals surface area contributed by atoms with E-state index in [1.165, 1.54) is 32.1 Å². The Bertz CT molecular complexity index is 265. The highest BCUT2D eigenvalue weighted by Crippen LogP contribution is 2.46. The Balaban J connectivity index is 2.35. The number of methoxy groups -OCH3 is 1. The van der Waals surface area contributed by atoms with Gasteiger partial charge in [-0.3, -0.25) is 0 Å². The number of rotatable bonds is 9. The lowest BCUT2D eigenvalue weighted by Crippen LogP contribution is -2.39. The molecule has 0 radical (unpaired) electrons. The fourth-order valence-electron chi connectivity index (χ4n) is 3.68. The third kappa shape index (κ3) is 6.66. The van der Waals surface area contributed by atoms with Gasteiger partial charge >= 0.3 is 0 Å². The predicted octanol–water partition coefficient (Wildman–Crippen LogP) is 3.87. The molecular formula is C18H37NO2. The summed E-state index contributed by atoms with van der Waals surface area (Å²) in [4.78, 5) is 0. The highest BCUT2D eigenvalue weighted by Gasteiger charge is 2.37. The monoisotopic (exact) mass is 299 g/mol. The summed E-state index contributed by atoms with van der Waals surface area (Å²) in [6, 6.07) is 0. The molecule has 0 aromatic heterocycles. The summed E-state index contributed by atoms with van der Waals surface area (Å²) < 4.78 is 10.8. The fraction of sp³-hybridized carbons (Fsp3) is 1.00. The first-order chi connectivity index (χ1) is 9.93. The van der Waals surface area contributed by atoms with E-state index in [-0.39, 0.29) is 0 Å². The molecular weight excluding hydrogens is 262 g/mol. The SMILES string of the molecule is CNCC1(CCOCCCOC)CCC(C(C)(C)C)CC1. The highest BCUT2D eigenvalue weighted by molar-refractivity contribution is 4.90. The van der Waals surface area contributed by atoms with Crippen molar-refractivity contribution in [2.45, 2.75) is 59.3 Å². The van der Waals surface area contributed by atoms with Crippen molar-refractivity contribution < 1.29 is 9.47 Å². The van der Waals surface area contributed by atoms with Crippen molar-refractivity contribution in [3.8, 4) is 0 Å². The van der Waals surface area contributed by atoms with Crippen molar-refractivity contribution in [1.29, 1.82) is 0 Å². The summed E-state index contributed by atoms with van der Waals surface area (Å²) in [7, 11) is 3.83. The van der Waals surface area contributed by atoms with Gasteiger partial charge < -0.3 is 14.8 Å². The van der Waals surface area contributed by atoms with E-state index in [1.54, 1.807) is 7.11 Å². The second-order valence-corrected chi connectivity index (χ2v) is 7.88. The van der Waals surface area contributed by atoms with Crippen molar-refractivity contribution in [2.24, 2.45) is 16.7 Å². The average Bonchev–Trinajstić information content (AvgIpc) is 2.43. The summed E-state index contributed by atoms with van der Waals surface area (Å²) in [6.45, 7) is 10.8. The van der Waals surface area contributed by atoms with E-state index in [1.807, 2.05) is 0 Å². The molecule has 1 fully saturated rings. The van der Waals surface area contributed by atoms with Gasteiger partial charge in [0, 0.05) is 33.5 Å². The van der Waals surface area contributed by atoms with Gasteiger partial charge in [0.2, 0.25) is 0 Å². The number of nitrogens with one attached hydrogen (secondary N) is 1. The minimum absolute atomic E-state index is 0.456. The van der Waals surface area contributed by atoms with Gasteiger partial charge in [0.1, 0.15) is 0 Å². The number of hydrogen-bond acceptors (Lipinski definition) is 3. The first-order valence-electron chi connectivity index (χ1n) is 8.65. The minimum atomic E-state index is 0.456. The molecule has 0 spiro atoms. The first-order valence-corrected chi connectivity index (χ1v) is 8.65. The first kappa shape index (κ1) is 18.9. The maximum absolute atomic E-state index is 5.80. The van der Waals surface area contributed by atoms with E-state index in [9.17, 15) is 0 Å². The zero-order valence-electron chi connectivity index (χ0n) is 15.0. The van der Waals surface area contributed by atoms with Crippen molar-refractivity contribution in [2.75, 3.05) is 40.5 Å². The van der Waals surface area contributed by atoms with Gasteiger partial charge in [0.05, 0.1) is 0 Å². The van der Waals surface area contributed by atoms with Gasteiger partial charge in [-0.05, 0) is 62.3 Å². The zero-order valence-corrected chi connectivity index (χ0v) is 15.0. The molecule has 1 rings (SSSR count). The molecule has 0 aliphatic heterocycles. The molecule has 0 heterocycles. The van der Waals surface area contributed by atoms with Gasteiger partial charge in [-0.25, -0.2) is 0 Å². The van der Waals surface area contributed by atoms with Crippen LogP contribution in [0.2, 0.25) is 0 Å². The van der Waals surface area contributed by atoms with Gasteiger partial charge in [-0.1, -0.05) is 20.8 Å². The van der Waals surface area contributed by atoms with Crippen LogP contribution in [0.5, 0.6) is 0 Å². The normalized spacial score (nSPS) is 27.0. The molecule has 1 aliphatic carbocycles. The van der Waals surface area contributed by atoms with E-state index in [2.05, 4.69) is 33.1 Å². The Morgan fingerprint density at radius 1 is 1.10 bits per heavy atom. The lowest BCUT2D eigenvalue weighted by molar-refractivity contribution is 0.0382. The molecule has 0 aromatic rings. The molecule has 0 aromatic carbocycles. The van der Waals surface area contributed by atoms with E-state index in [0.29, 0.717) is 10.8 Å². The maximum Gasteiger partial charge on any atom is 0.0487 e. The summed E-state index contributed by atoms with van der Waals surface area (Å²) in [5.41, 5.74) is 0.917. The van der Waals surface area contributed by atoms with Crippen LogP contribution in [0.25, 0.3) is 0 Å². The molecule has 1 N–H and O–H groups in total. The van der Waals surface area contributed by atoms with Crippen LogP contribution in [-0.4, -0.2) is 40.5 Å². The van der Waals surface area contributed by atoms with E-state index in [4.69, 9.17) is 9.47 Å². The smallest absolute Gasteiger partial charge is 0.0487 e. The Morgan fingerprint density at radius 3 is 2.29 bits per heavy atom. The van der Waals surface area contributed by atoms with Crippen molar-refractivity contribution in [3.05, 3.63) is 0 Å². The van der Waals surface area contributed by atoms with Crippen LogP contribution in [0.1, 0.15) is 59.3 Å². The van der Waals surface area contributed by atoms with E-state index >= 15 is 0 Å². The van der Waals surface area contributed by atoms with Crippen LogP contribution >= 0.6 is 0 Å². The van der Waals surface area contributed by atoms with Crippen LogP contribution in [0.15, 0.2) is 0 Å². The largest absolute Gasteiger partial charge is 0.385 e. The van der Waals surface area contributed by atoms with Crippen LogP contribution in [0.4, 0.5) is 0 Å². The molecule has 1 aliphatic rings. The standard InChI is InChI=1S/C18H37NO2/c1-17(2,3)16-7-9-18(10-8-16,15-19-4)11-14-21-13-6-12-20-5/h16,19H,6-15H2,1-5H3. The van der Waals surface area contributed by atoms with Gasteiger partial charge in [-0.15, -0.1) is 0 Å². The van der Waals surface area contributed by atoms with Gasteiger partial charge in [0.25, 0.3) is 0 Å². The Kier molecular flexibility index (Phi) is 8.22. The molecule has 3 nitrogen and oxygen atoms in total. The van der Waals surface area contributed by atoms with Crippen molar-refractivity contribution in [3.63, 3.8) is 0 Å². The lowest BCUT2D eigenvalue weighted by Gasteiger charge is -2.44. The quantitative estimate of drug-likeness (QED) is 0.656. The summed E-state index contributed by atoms with van der Waals surface area (Å²) in [5, 5.41) is 3.42. The van der Waals surface area contributed by atoms with E-state index < -0.39 is 0 Å². The van der Waals surface area contributed by atoms with E-state index in [0.717, 1.165) is 38.7 Å².